The number of fused-ring (bicyclic) bond motifs is 1. The molecule has 11 heteroatoms. The van der Waals surface area contributed by atoms with Crippen molar-refractivity contribution < 1.29 is 21.6 Å². The average Bonchev–Trinajstić information content (AvgIpc) is 2.55. The minimum atomic E-state index is -5.26. The van der Waals surface area contributed by atoms with Crippen LogP contribution in [0.3, 0.4) is 0 Å². The molecule has 3 rings (SSSR count). The zero-order chi connectivity index (χ0) is 18.2. The number of sulfonamides is 1. The molecule has 1 aliphatic rings. The molecule has 0 atom stereocenters. The summed E-state index contributed by atoms with van der Waals surface area (Å²) >= 11 is 3.38. The van der Waals surface area contributed by atoms with Crippen LogP contribution in [-0.2, 0) is 10.0 Å². The fraction of sp³-hybridized carbons (Fsp3) is 0.429. The number of halogens is 4. The molecule has 1 saturated heterocycles. The van der Waals surface area contributed by atoms with E-state index in [-0.39, 0.29) is 32.0 Å². The molecule has 2 heterocycles. The molecule has 2 aromatic rings. The van der Waals surface area contributed by atoms with Crippen LogP contribution in [0, 0.1) is 0 Å². The number of anilines is 1. The minimum absolute atomic E-state index is 0.147. The van der Waals surface area contributed by atoms with Gasteiger partial charge in [-0.25, -0.2) is 8.42 Å². The van der Waals surface area contributed by atoms with Crippen LogP contribution in [0.25, 0.3) is 10.9 Å². The predicted octanol–water partition coefficient (Wildman–Crippen LogP) is 3.12. The van der Waals surface area contributed by atoms with Crippen LogP contribution in [0.1, 0.15) is 12.8 Å². The highest BCUT2D eigenvalue weighted by atomic mass is 79.9. The zero-order valence-electron chi connectivity index (χ0n) is 12.8. The third-order valence-electron chi connectivity index (χ3n) is 4.05. The summed E-state index contributed by atoms with van der Waals surface area (Å²) in [5, 5.41) is 12.0. The van der Waals surface area contributed by atoms with E-state index >= 15 is 0 Å². The summed E-state index contributed by atoms with van der Waals surface area (Å²) in [7, 11) is -5.26. The molecular formula is C14H14BrF3N4O2S. The number of alkyl halides is 3. The second-order valence-corrected chi connectivity index (χ2v) is 8.53. The number of benzene rings is 1. The summed E-state index contributed by atoms with van der Waals surface area (Å²) in [5.74, 6) is 0. The quantitative estimate of drug-likeness (QED) is 0.796. The van der Waals surface area contributed by atoms with Crippen LogP contribution in [0.4, 0.5) is 18.9 Å². The van der Waals surface area contributed by atoms with Crippen LogP contribution in [-0.4, -0.2) is 47.6 Å². The van der Waals surface area contributed by atoms with Crippen molar-refractivity contribution in [2.75, 3.05) is 18.4 Å². The lowest BCUT2D eigenvalue weighted by Gasteiger charge is -2.32. The Morgan fingerprint density at radius 3 is 2.56 bits per heavy atom. The molecule has 1 fully saturated rings. The standard InChI is InChI=1S/C14H14BrF3N4O2S/c15-9-1-2-12-11(7-9)13(8-19-21-12)20-10-3-5-22(6-4-10)25(23,24)14(16,17)18/h1-2,7-8,10H,3-6H2,(H,20,21). The number of piperidine rings is 1. The Morgan fingerprint density at radius 1 is 1.24 bits per heavy atom. The molecule has 136 valence electrons. The van der Waals surface area contributed by atoms with Gasteiger partial charge in [-0.3, -0.25) is 0 Å². The summed E-state index contributed by atoms with van der Waals surface area (Å²) in [6, 6.07) is 5.36. The Labute approximate surface area is 150 Å². The van der Waals surface area contributed by atoms with Crippen LogP contribution in [0.2, 0.25) is 0 Å². The highest BCUT2D eigenvalue weighted by Crippen LogP contribution is 2.30. The van der Waals surface area contributed by atoms with Crippen LogP contribution in [0.5, 0.6) is 0 Å². The summed E-state index contributed by atoms with van der Waals surface area (Å²) in [6.07, 6.45) is 2.09. The summed E-state index contributed by atoms with van der Waals surface area (Å²) in [6.45, 7) is -0.362. The first-order valence-electron chi connectivity index (χ1n) is 7.42. The Balaban J connectivity index is 1.72. The Kier molecular flexibility index (Phi) is 4.91. The average molecular weight is 439 g/mol. The normalized spacial score (nSPS) is 17.8. The molecule has 0 saturated carbocycles. The molecule has 6 nitrogen and oxygen atoms in total. The summed E-state index contributed by atoms with van der Waals surface area (Å²) < 4.78 is 62.1. The van der Waals surface area contributed by atoms with E-state index in [1.54, 1.807) is 12.3 Å². The van der Waals surface area contributed by atoms with Gasteiger partial charge >= 0.3 is 15.5 Å². The molecular weight excluding hydrogens is 425 g/mol. The molecule has 0 amide bonds. The van der Waals surface area contributed by atoms with Crippen LogP contribution < -0.4 is 5.32 Å². The highest BCUT2D eigenvalue weighted by Gasteiger charge is 2.50. The molecule has 1 aliphatic heterocycles. The molecule has 0 spiro atoms. The van der Waals surface area contributed by atoms with Crippen molar-refractivity contribution in [3.63, 3.8) is 0 Å². The largest absolute Gasteiger partial charge is 0.511 e. The van der Waals surface area contributed by atoms with Gasteiger partial charge in [-0.15, -0.1) is 0 Å². The van der Waals surface area contributed by atoms with Gasteiger partial charge in [-0.2, -0.15) is 27.7 Å². The van der Waals surface area contributed by atoms with Crippen molar-refractivity contribution in [1.82, 2.24) is 14.5 Å². The maximum Gasteiger partial charge on any atom is 0.511 e. The Bertz CT molecular complexity index is 883. The molecule has 0 radical (unpaired) electrons. The number of aromatic nitrogens is 2. The smallest absolute Gasteiger partial charge is 0.380 e. The third-order valence-corrected chi connectivity index (χ3v) is 6.17. The second-order valence-electron chi connectivity index (χ2n) is 5.69. The predicted molar refractivity (Wildman–Crippen MR) is 90.4 cm³/mol. The summed E-state index contributed by atoms with van der Waals surface area (Å²) in [4.78, 5) is 0. The molecule has 1 aromatic carbocycles. The summed E-state index contributed by atoms with van der Waals surface area (Å²) in [5.41, 5.74) is -3.86. The van der Waals surface area contributed by atoms with Crippen LogP contribution >= 0.6 is 15.9 Å². The van der Waals surface area contributed by atoms with Crippen LogP contribution in [0.15, 0.2) is 28.9 Å². The number of nitrogens with zero attached hydrogens (tertiary/aromatic N) is 3. The van der Waals surface area contributed by atoms with Gasteiger partial charge in [0.05, 0.1) is 17.4 Å². The van der Waals surface area contributed by atoms with Gasteiger partial charge in [0.15, 0.2) is 0 Å². The lowest BCUT2D eigenvalue weighted by atomic mass is 10.1. The maximum atomic E-state index is 12.6. The van der Waals surface area contributed by atoms with Gasteiger partial charge in [0.25, 0.3) is 0 Å². The Morgan fingerprint density at radius 2 is 1.92 bits per heavy atom. The van der Waals surface area contributed by atoms with E-state index in [2.05, 4.69) is 31.4 Å². The van der Waals surface area contributed by atoms with Gasteiger partial charge in [0.2, 0.25) is 0 Å². The first kappa shape index (κ1) is 18.3. The second kappa shape index (κ2) is 6.69. The van der Waals surface area contributed by atoms with Crippen molar-refractivity contribution in [1.29, 1.82) is 0 Å². The molecule has 0 bridgehead atoms. The van der Waals surface area contributed by atoms with E-state index in [1.165, 1.54) is 0 Å². The number of nitrogens with one attached hydrogen (secondary N) is 1. The van der Waals surface area contributed by atoms with Crippen molar-refractivity contribution in [2.45, 2.75) is 24.4 Å². The minimum Gasteiger partial charge on any atom is -0.380 e. The SMILES string of the molecule is O=S(=O)(N1CCC(Nc2cnnc3ccc(Br)cc23)CC1)C(F)(F)F. The lowest BCUT2D eigenvalue weighted by molar-refractivity contribution is -0.0494. The topological polar surface area (TPSA) is 75.2 Å². The third kappa shape index (κ3) is 3.72. The number of hydrogen-bond acceptors (Lipinski definition) is 5. The fourth-order valence-corrected chi connectivity index (χ4v) is 4.10. The highest BCUT2D eigenvalue weighted by molar-refractivity contribution is 9.10. The van der Waals surface area contributed by atoms with E-state index in [0.29, 0.717) is 15.5 Å². The first-order chi connectivity index (χ1) is 11.7. The van der Waals surface area contributed by atoms with Crippen molar-refractivity contribution in [3.05, 3.63) is 28.9 Å². The van der Waals surface area contributed by atoms with Crippen molar-refractivity contribution >= 4 is 42.5 Å². The number of hydrogen-bond donors (Lipinski definition) is 1. The zero-order valence-corrected chi connectivity index (χ0v) is 15.2. The van der Waals surface area contributed by atoms with Gasteiger partial charge in [0, 0.05) is 29.0 Å². The fourth-order valence-electron chi connectivity index (χ4n) is 2.75. The molecule has 1 aromatic heterocycles. The molecule has 25 heavy (non-hydrogen) atoms. The first-order valence-corrected chi connectivity index (χ1v) is 9.66. The van der Waals surface area contributed by atoms with Gasteiger partial charge in [-0.1, -0.05) is 15.9 Å². The number of rotatable bonds is 3. The molecule has 1 N–H and O–H groups in total. The molecule has 0 unspecified atom stereocenters. The van der Waals surface area contributed by atoms with E-state index in [4.69, 9.17) is 0 Å². The van der Waals surface area contributed by atoms with Gasteiger partial charge in [-0.05, 0) is 31.0 Å². The molecule has 0 aliphatic carbocycles. The van der Waals surface area contributed by atoms with Crippen molar-refractivity contribution in [3.8, 4) is 0 Å². The van der Waals surface area contributed by atoms with Gasteiger partial charge in [0.1, 0.15) is 0 Å². The Hall–Kier alpha value is -1.46. The van der Waals surface area contributed by atoms with Gasteiger partial charge < -0.3 is 5.32 Å². The maximum absolute atomic E-state index is 12.6. The van der Waals surface area contributed by atoms with E-state index in [0.717, 1.165) is 9.86 Å². The lowest BCUT2D eigenvalue weighted by Crippen LogP contribution is -2.47. The van der Waals surface area contributed by atoms with E-state index in [9.17, 15) is 21.6 Å². The van der Waals surface area contributed by atoms with Crippen molar-refractivity contribution in [2.24, 2.45) is 0 Å². The monoisotopic (exact) mass is 438 g/mol. The van der Waals surface area contributed by atoms with E-state index in [1.807, 2.05) is 12.1 Å². The van der Waals surface area contributed by atoms with E-state index < -0.39 is 15.5 Å².